The summed E-state index contributed by atoms with van der Waals surface area (Å²) < 4.78 is 26.9. The molecule has 0 bridgehead atoms. The maximum atomic E-state index is 13.2. The predicted molar refractivity (Wildman–Crippen MR) is 127 cm³/mol. The summed E-state index contributed by atoms with van der Waals surface area (Å²) in [6.45, 7) is 7.29. The quantitative estimate of drug-likeness (QED) is 0.526. The van der Waals surface area contributed by atoms with E-state index in [4.69, 9.17) is 17.3 Å². The second-order valence-electron chi connectivity index (χ2n) is 8.14. The zero-order valence-electron chi connectivity index (χ0n) is 19.3. The number of primary amides is 1. The van der Waals surface area contributed by atoms with Gasteiger partial charge in [0.15, 0.2) is 0 Å². The molecule has 0 aromatic heterocycles. The Labute approximate surface area is 200 Å². The number of sulfonamides is 1. The molecule has 0 saturated carbocycles. The van der Waals surface area contributed by atoms with Crippen LogP contribution in [0.3, 0.4) is 0 Å². The molecule has 33 heavy (non-hydrogen) atoms. The lowest BCUT2D eigenvalue weighted by Crippen LogP contribution is -2.53. The fraction of sp³-hybridized carbons (Fsp3) is 0.500. The maximum Gasteiger partial charge on any atom is 0.245 e. The molecule has 3 amide bonds. The predicted octanol–water partition coefficient (Wildman–Crippen LogP) is 1.67. The third kappa shape index (κ3) is 6.55. The Hall–Kier alpha value is -2.43. The molecule has 2 N–H and O–H groups in total. The molecule has 11 heteroatoms. The zero-order valence-corrected chi connectivity index (χ0v) is 20.8. The molecule has 1 heterocycles. The maximum absolute atomic E-state index is 13.2. The summed E-state index contributed by atoms with van der Waals surface area (Å²) in [5.41, 5.74) is 5.87. The highest BCUT2D eigenvalue weighted by Crippen LogP contribution is 2.24. The lowest BCUT2D eigenvalue weighted by atomic mass is 10.2. The van der Waals surface area contributed by atoms with E-state index in [1.54, 1.807) is 36.1 Å². The van der Waals surface area contributed by atoms with Gasteiger partial charge in [0.05, 0.1) is 6.54 Å². The fourth-order valence-electron chi connectivity index (χ4n) is 3.83. The van der Waals surface area contributed by atoms with Crippen molar-refractivity contribution in [3.63, 3.8) is 0 Å². The minimum atomic E-state index is -4.17. The van der Waals surface area contributed by atoms with Gasteiger partial charge in [-0.1, -0.05) is 23.7 Å². The van der Waals surface area contributed by atoms with Gasteiger partial charge < -0.3 is 15.5 Å². The van der Waals surface area contributed by atoms with E-state index in [0.717, 1.165) is 9.71 Å². The van der Waals surface area contributed by atoms with Crippen molar-refractivity contribution in [1.29, 1.82) is 0 Å². The van der Waals surface area contributed by atoms with Gasteiger partial charge in [-0.05, 0) is 57.9 Å². The first kappa shape index (κ1) is 26.8. The van der Waals surface area contributed by atoms with Crippen molar-refractivity contribution in [2.24, 2.45) is 5.73 Å². The van der Waals surface area contributed by atoms with Crippen molar-refractivity contribution in [2.45, 2.75) is 52.2 Å². The van der Waals surface area contributed by atoms with Gasteiger partial charge in [0.1, 0.15) is 12.1 Å². The SMILES string of the molecule is CCN(C(=O)[C@H](C)N1CC[C@H](N(CC(N)=O)S(=O)(=O)C=Cc2ccc(Cl)cc2)C1=O)C(C)C. The molecule has 9 nitrogen and oxygen atoms in total. The van der Waals surface area contributed by atoms with Crippen molar-refractivity contribution >= 4 is 45.4 Å². The summed E-state index contributed by atoms with van der Waals surface area (Å²) in [6, 6.07) is 4.58. The number of halogens is 1. The van der Waals surface area contributed by atoms with Crippen molar-refractivity contribution in [3.8, 4) is 0 Å². The Bertz CT molecular complexity index is 1010. The average Bonchev–Trinajstić information content (AvgIpc) is 3.11. The Balaban J connectivity index is 2.27. The first-order valence-corrected chi connectivity index (χ1v) is 12.6. The van der Waals surface area contributed by atoms with Crippen LogP contribution in [0, 0.1) is 0 Å². The summed E-state index contributed by atoms with van der Waals surface area (Å²) in [4.78, 5) is 40.7. The van der Waals surface area contributed by atoms with Crippen LogP contribution in [0.15, 0.2) is 29.7 Å². The molecule has 1 aliphatic heterocycles. The third-order valence-corrected chi connectivity index (χ3v) is 7.34. The van der Waals surface area contributed by atoms with Crippen LogP contribution in [-0.4, -0.2) is 78.0 Å². The van der Waals surface area contributed by atoms with Gasteiger partial charge in [-0.3, -0.25) is 14.4 Å². The number of carbonyl (C=O) groups is 3. The normalized spacial score (nSPS) is 17.8. The Kier molecular flexibility index (Phi) is 9.04. The molecular formula is C22H31ClN4O5S. The van der Waals surface area contributed by atoms with Gasteiger partial charge in [0.25, 0.3) is 0 Å². The first-order valence-electron chi connectivity index (χ1n) is 10.7. The molecule has 182 valence electrons. The van der Waals surface area contributed by atoms with Crippen molar-refractivity contribution in [2.75, 3.05) is 19.6 Å². The summed E-state index contributed by atoms with van der Waals surface area (Å²) in [6.07, 6.45) is 1.50. The minimum Gasteiger partial charge on any atom is -0.369 e. The number of carbonyl (C=O) groups excluding carboxylic acids is 3. The average molecular weight is 499 g/mol. The minimum absolute atomic E-state index is 0.0387. The lowest BCUT2D eigenvalue weighted by Gasteiger charge is -2.32. The van der Waals surface area contributed by atoms with Gasteiger partial charge in [0, 0.05) is 29.6 Å². The molecular weight excluding hydrogens is 468 g/mol. The van der Waals surface area contributed by atoms with Gasteiger partial charge >= 0.3 is 0 Å². The van der Waals surface area contributed by atoms with Gasteiger partial charge in [0.2, 0.25) is 27.7 Å². The summed E-state index contributed by atoms with van der Waals surface area (Å²) >= 11 is 5.85. The second kappa shape index (κ2) is 11.1. The number of nitrogens with two attached hydrogens (primary N) is 1. The lowest BCUT2D eigenvalue weighted by molar-refractivity contribution is -0.145. The highest BCUT2D eigenvalue weighted by atomic mass is 35.5. The number of hydrogen-bond acceptors (Lipinski definition) is 5. The Morgan fingerprint density at radius 1 is 1.24 bits per heavy atom. The molecule has 1 aliphatic rings. The van der Waals surface area contributed by atoms with Crippen LogP contribution in [0.5, 0.6) is 0 Å². The van der Waals surface area contributed by atoms with Crippen LogP contribution >= 0.6 is 11.6 Å². The van der Waals surface area contributed by atoms with E-state index in [1.165, 1.54) is 11.0 Å². The monoisotopic (exact) mass is 498 g/mol. The number of hydrogen-bond donors (Lipinski definition) is 1. The Morgan fingerprint density at radius 2 is 1.85 bits per heavy atom. The highest BCUT2D eigenvalue weighted by Gasteiger charge is 2.44. The van der Waals surface area contributed by atoms with Gasteiger partial charge in [-0.25, -0.2) is 8.42 Å². The molecule has 2 atom stereocenters. The van der Waals surface area contributed by atoms with E-state index >= 15 is 0 Å². The standard InChI is InChI=1S/C22H31ClN4O5S/c1-5-25(15(2)3)21(29)16(4)26-12-10-19(22(26)30)27(14-20(24)28)33(31,32)13-11-17-6-8-18(23)9-7-17/h6-9,11,13,15-16,19H,5,10,12,14H2,1-4H3,(H2,24,28)/t16-,19-/m0/s1. The second-order valence-corrected chi connectivity index (χ2v) is 10.3. The van der Waals surface area contributed by atoms with E-state index in [-0.39, 0.29) is 24.9 Å². The largest absolute Gasteiger partial charge is 0.369 e. The number of likely N-dealkylation sites (N-methyl/N-ethyl adjacent to an activating group) is 1. The smallest absolute Gasteiger partial charge is 0.245 e. The molecule has 0 unspecified atom stereocenters. The van der Waals surface area contributed by atoms with Crippen molar-refractivity contribution in [3.05, 3.63) is 40.3 Å². The van der Waals surface area contributed by atoms with Crippen LogP contribution in [0.4, 0.5) is 0 Å². The third-order valence-electron chi connectivity index (χ3n) is 5.57. The Morgan fingerprint density at radius 3 is 2.36 bits per heavy atom. The van der Waals surface area contributed by atoms with Crippen LogP contribution in [0.1, 0.15) is 39.7 Å². The van der Waals surface area contributed by atoms with Gasteiger partial charge in [-0.2, -0.15) is 4.31 Å². The summed E-state index contributed by atoms with van der Waals surface area (Å²) in [5.74, 6) is -1.63. The number of nitrogens with zero attached hydrogens (tertiary/aromatic N) is 3. The van der Waals surface area contributed by atoms with Crippen molar-refractivity contribution in [1.82, 2.24) is 14.1 Å². The van der Waals surface area contributed by atoms with E-state index in [1.807, 2.05) is 20.8 Å². The van der Waals surface area contributed by atoms with E-state index in [9.17, 15) is 22.8 Å². The molecule has 1 fully saturated rings. The molecule has 0 spiro atoms. The molecule has 0 radical (unpaired) electrons. The van der Waals surface area contributed by atoms with E-state index < -0.39 is 40.5 Å². The van der Waals surface area contributed by atoms with Crippen LogP contribution in [0.25, 0.3) is 6.08 Å². The molecule has 1 aromatic rings. The topological polar surface area (TPSA) is 121 Å². The zero-order chi connectivity index (χ0) is 24.9. The number of likely N-dealkylation sites (tertiary alicyclic amines) is 1. The van der Waals surface area contributed by atoms with Crippen LogP contribution in [0.2, 0.25) is 5.02 Å². The van der Waals surface area contributed by atoms with Crippen molar-refractivity contribution < 1.29 is 22.8 Å². The van der Waals surface area contributed by atoms with E-state index in [0.29, 0.717) is 17.1 Å². The molecule has 0 aliphatic carbocycles. The van der Waals surface area contributed by atoms with Crippen LogP contribution < -0.4 is 5.73 Å². The molecule has 2 rings (SSSR count). The molecule has 1 saturated heterocycles. The van der Waals surface area contributed by atoms with E-state index in [2.05, 4.69) is 0 Å². The van der Waals surface area contributed by atoms with Gasteiger partial charge in [-0.15, -0.1) is 0 Å². The number of amides is 3. The number of benzene rings is 1. The highest BCUT2D eigenvalue weighted by molar-refractivity contribution is 7.92. The summed E-state index contributed by atoms with van der Waals surface area (Å²) in [5, 5.41) is 1.44. The first-order chi connectivity index (χ1) is 15.4. The molecule has 1 aromatic carbocycles. The van der Waals surface area contributed by atoms with Crippen LogP contribution in [-0.2, 0) is 24.4 Å². The summed E-state index contributed by atoms with van der Waals surface area (Å²) in [7, 11) is -4.17. The fourth-order valence-corrected chi connectivity index (χ4v) is 5.30. The number of rotatable bonds is 10.